The van der Waals surface area contributed by atoms with Crippen molar-refractivity contribution >= 4 is 21.7 Å². The summed E-state index contributed by atoms with van der Waals surface area (Å²) in [7, 11) is 0. The van der Waals surface area contributed by atoms with Gasteiger partial charge in [0.05, 0.1) is 6.54 Å². The van der Waals surface area contributed by atoms with Gasteiger partial charge in [0.25, 0.3) is 0 Å². The quantitative estimate of drug-likeness (QED) is 0.643. The summed E-state index contributed by atoms with van der Waals surface area (Å²) in [4.78, 5) is 11.1. The van der Waals surface area contributed by atoms with Gasteiger partial charge >= 0.3 is 0 Å². The van der Waals surface area contributed by atoms with Crippen LogP contribution in [0.5, 0.6) is 0 Å². The monoisotopic (exact) mass is 249 g/mol. The summed E-state index contributed by atoms with van der Waals surface area (Å²) in [6.45, 7) is -0.232. The number of hydrogen-bond donors (Lipinski definition) is 1. The molecule has 5 heteroatoms. The molecule has 2 nitrogen and oxygen atoms in total. The second kappa shape index (κ2) is 3.93. The van der Waals surface area contributed by atoms with Crippen LogP contribution in [0.4, 0.5) is 8.78 Å². The zero-order valence-corrected chi connectivity index (χ0v) is 8.07. The Morgan fingerprint density at radius 3 is 2.46 bits per heavy atom. The number of Topliss-reactive ketones (excluding diaryl/α,β-unsaturated/α-hetero) is 1. The van der Waals surface area contributed by atoms with Gasteiger partial charge in [-0.3, -0.25) is 4.79 Å². The molecule has 70 valence electrons. The highest BCUT2D eigenvalue weighted by Crippen LogP contribution is 2.20. The summed E-state index contributed by atoms with van der Waals surface area (Å²) in [5, 5.41) is 0. The van der Waals surface area contributed by atoms with Gasteiger partial charge in [-0.15, -0.1) is 0 Å². The minimum atomic E-state index is -1.06. The molecule has 0 aliphatic heterocycles. The molecule has 0 aromatic heterocycles. The van der Waals surface area contributed by atoms with Crippen molar-refractivity contribution in [3.05, 3.63) is 33.8 Å². The third-order valence-electron chi connectivity index (χ3n) is 1.50. The first-order valence-electron chi connectivity index (χ1n) is 3.44. The third kappa shape index (κ3) is 2.10. The van der Waals surface area contributed by atoms with Crippen molar-refractivity contribution in [3.63, 3.8) is 0 Å². The Morgan fingerprint density at radius 2 is 1.92 bits per heavy atom. The highest BCUT2D eigenvalue weighted by atomic mass is 79.9. The second-order valence-electron chi connectivity index (χ2n) is 2.37. The molecule has 0 spiro atoms. The molecule has 1 aromatic rings. The maximum atomic E-state index is 12.7. The van der Waals surface area contributed by atoms with E-state index in [4.69, 9.17) is 5.73 Å². The molecule has 0 saturated carbocycles. The number of halogens is 3. The minimum absolute atomic E-state index is 0.0569. The molecule has 0 atom stereocenters. The standard InChI is InChI=1S/C8H6BrF2NO/c9-5-2-7(11)6(10)1-4(5)8(13)3-12/h1-2H,3,12H2. The van der Waals surface area contributed by atoms with E-state index < -0.39 is 17.4 Å². The summed E-state index contributed by atoms with van der Waals surface area (Å²) in [5.41, 5.74) is 5.13. The molecule has 1 aromatic carbocycles. The third-order valence-corrected chi connectivity index (χ3v) is 2.15. The molecular weight excluding hydrogens is 244 g/mol. The van der Waals surface area contributed by atoms with Gasteiger partial charge < -0.3 is 5.73 Å². The lowest BCUT2D eigenvalue weighted by Crippen LogP contribution is -2.14. The summed E-state index contributed by atoms with van der Waals surface area (Å²) in [6, 6.07) is 1.73. The maximum Gasteiger partial charge on any atom is 0.177 e. The molecule has 0 aliphatic carbocycles. The van der Waals surface area contributed by atoms with Crippen LogP contribution in [0.3, 0.4) is 0 Å². The Labute approximate surface area is 81.9 Å². The Hall–Kier alpha value is -0.810. The van der Waals surface area contributed by atoms with Crippen molar-refractivity contribution in [2.45, 2.75) is 0 Å². The predicted molar refractivity (Wildman–Crippen MR) is 47.4 cm³/mol. The van der Waals surface area contributed by atoms with Crippen molar-refractivity contribution < 1.29 is 13.6 Å². The van der Waals surface area contributed by atoms with E-state index in [2.05, 4.69) is 15.9 Å². The number of benzene rings is 1. The molecule has 13 heavy (non-hydrogen) atoms. The van der Waals surface area contributed by atoms with Crippen LogP contribution in [0.25, 0.3) is 0 Å². The van der Waals surface area contributed by atoms with E-state index in [0.29, 0.717) is 0 Å². The zero-order valence-electron chi connectivity index (χ0n) is 6.48. The molecule has 0 fully saturated rings. The molecule has 0 radical (unpaired) electrons. The van der Waals surface area contributed by atoms with Crippen LogP contribution < -0.4 is 5.73 Å². The average molecular weight is 250 g/mol. The van der Waals surface area contributed by atoms with E-state index in [1.807, 2.05) is 0 Å². The van der Waals surface area contributed by atoms with Crippen LogP contribution in [0.15, 0.2) is 16.6 Å². The predicted octanol–water partition coefficient (Wildman–Crippen LogP) is 1.87. The van der Waals surface area contributed by atoms with Gasteiger partial charge in [-0.25, -0.2) is 8.78 Å². The summed E-state index contributed by atoms with van der Waals surface area (Å²) < 4.78 is 25.5. The summed E-state index contributed by atoms with van der Waals surface area (Å²) in [6.07, 6.45) is 0. The van der Waals surface area contributed by atoms with Crippen molar-refractivity contribution in [2.75, 3.05) is 6.54 Å². The van der Waals surface area contributed by atoms with E-state index in [-0.39, 0.29) is 16.6 Å². The van der Waals surface area contributed by atoms with Crippen molar-refractivity contribution in [2.24, 2.45) is 5.73 Å². The van der Waals surface area contributed by atoms with Crippen LogP contribution in [-0.4, -0.2) is 12.3 Å². The Morgan fingerprint density at radius 1 is 1.38 bits per heavy atom. The highest BCUT2D eigenvalue weighted by molar-refractivity contribution is 9.10. The fourth-order valence-corrected chi connectivity index (χ4v) is 1.38. The van der Waals surface area contributed by atoms with Crippen molar-refractivity contribution in [1.82, 2.24) is 0 Å². The smallest absolute Gasteiger partial charge is 0.177 e. The van der Waals surface area contributed by atoms with E-state index >= 15 is 0 Å². The first kappa shape index (κ1) is 10.3. The Bertz CT molecular complexity index is 354. The van der Waals surface area contributed by atoms with Gasteiger partial charge in [0.1, 0.15) is 0 Å². The maximum absolute atomic E-state index is 12.7. The number of ketones is 1. The molecular formula is C8H6BrF2NO. The van der Waals surface area contributed by atoms with Crippen molar-refractivity contribution in [3.8, 4) is 0 Å². The molecule has 0 bridgehead atoms. The van der Waals surface area contributed by atoms with Gasteiger partial charge in [0, 0.05) is 10.0 Å². The molecule has 0 amide bonds. The molecule has 0 saturated heterocycles. The zero-order chi connectivity index (χ0) is 10.0. The minimum Gasteiger partial charge on any atom is -0.324 e. The number of hydrogen-bond acceptors (Lipinski definition) is 2. The van der Waals surface area contributed by atoms with Crippen LogP contribution in [0, 0.1) is 11.6 Å². The fourth-order valence-electron chi connectivity index (χ4n) is 0.846. The topological polar surface area (TPSA) is 43.1 Å². The molecule has 1 rings (SSSR count). The fraction of sp³-hybridized carbons (Fsp3) is 0.125. The average Bonchev–Trinajstić information content (AvgIpc) is 2.10. The van der Waals surface area contributed by atoms with Gasteiger partial charge in [0.15, 0.2) is 17.4 Å². The van der Waals surface area contributed by atoms with E-state index in [9.17, 15) is 13.6 Å². The SMILES string of the molecule is NCC(=O)c1cc(F)c(F)cc1Br. The van der Waals surface area contributed by atoms with Gasteiger partial charge in [-0.2, -0.15) is 0 Å². The van der Waals surface area contributed by atoms with Gasteiger partial charge in [-0.05, 0) is 28.1 Å². The van der Waals surface area contributed by atoms with Crippen LogP contribution in [-0.2, 0) is 0 Å². The number of rotatable bonds is 2. The van der Waals surface area contributed by atoms with Crippen LogP contribution >= 0.6 is 15.9 Å². The summed E-state index contributed by atoms with van der Waals surface area (Å²) in [5.74, 6) is -2.49. The lowest BCUT2D eigenvalue weighted by Gasteiger charge is -2.02. The van der Waals surface area contributed by atoms with E-state index in [0.717, 1.165) is 12.1 Å². The lowest BCUT2D eigenvalue weighted by atomic mass is 10.1. The van der Waals surface area contributed by atoms with Crippen LogP contribution in [0.1, 0.15) is 10.4 Å². The first-order chi connectivity index (χ1) is 6.06. The molecule has 2 N–H and O–H groups in total. The van der Waals surface area contributed by atoms with Gasteiger partial charge in [0.2, 0.25) is 0 Å². The van der Waals surface area contributed by atoms with Gasteiger partial charge in [-0.1, -0.05) is 0 Å². The highest BCUT2D eigenvalue weighted by Gasteiger charge is 2.12. The number of carbonyl (C=O) groups excluding carboxylic acids is 1. The summed E-state index contributed by atoms with van der Waals surface area (Å²) >= 11 is 2.94. The van der Waals surface area contributed by atoms with E-state index in [1.165, 1.54) is 0 Å². The van der Waals surface area contributed by atoms with Crippen molar-refractivity contribution in [1.29, 1.82) is 0 Å². The molecule has 0 heterocycles. The Balaban J connectivity index is 3.23. The van der Waals surface area contributed by atoms with E-state index in [1.54, 1.807) is 0 Å². The normalized spacial score (nSPS) is 10.2. The van der Waals surface area contributed by atoms with Crippen LogP contribution in [0.2, 0.25) is 0 Å². The largest absolute Gasteiger partial charge is 0.324 e. The Kier molecular flexibility index (Phi) is 3.11. The molecule has 0 aliphatic rings. The number of carbonyl (C=O) groups is 1. The lowest BCUT2D eigenvalue weighted by molar-refractivity contribution is 0.1000. The molecule has 0 unspecified atom stereocenters. The first-order valence-corrected chi connectivity index (χ1v) is 4.23. The second-order valence-corrected chi connectivity index (χ2v) is 3.23. The number of nitrogens with two attached hydrogens (primary N) is 1.